The van der Waals surface area contributed by atoms with Crippen LogP contribution in [0.4, 0.5) is 0 Å². The maximum atomic E-state index is 5.44. The van der Waals surface area contributed by atoms with Crippen molar-refractivity contribution in [1.82, 2.24) is 10.2 Å². The van der Waals surface area contributed by atoms with Crippen molar-refractivity contribution in [3.05, 3.63) is 29.3 Å². The molecule has 0 radical (unpaired) electrons. The molecule has 0 saturated heterocycles. The molecule has 1 aromatic rings. The zero-order chi connectivity index (χ0) is 13.5. The van der Waals surface area contributed by atoms with Gasteiger partial charge in [-0.1, -0.05) is 26.0 Å². The summed E-state index contributed by atoms with van der Waals surface area (Å²) >= 11 is 0. The fraction of sp³-hybridized carbons (Fsp3) is 0.600. The van der Waals surface area contributed by atoms with Gasteiger partial charge in [0.1, 0.15) is 5.75 Å². The summed E-state index contributed by atoms with van der Waals surface area (Å²) in [6.45, 7) is 6.38. The van der Waals surface area contributed by atoms with Gasteiger partial charge in [0, 0.05) is 13.2 Å². The highest BCUT2D eigenvalue weighted by molar-refractivity contribution is 5.38. The molecule has 1 rings (SSSR count). The Bertz CT molecular complexity index is 364. The molecule has 0 saturated carbocycles. The number of hydrogen-bond donors (Lipinski definition) is 1. The molecule has 0 bridgehead atoms. The van der Waals surface area contributed by atoms with E-state index in [2.05, 4.69) is 49.3 Å². The summed E-state index contributed by atoms with van der Waals surface area (Å²) in [6, 6.07) is 6.52. The molecule has 0 unspecified atom stereocenters. The largest absolute Gasteiger partial charge is 0.496 e. The SMILES string of the molecule is CNCN(C)CCc1cc(C(C)C)ccc1OC. The Labute approximate surface area is 111 Å². The number of ether oxygens (including phenoxy) is 1. The van der Waals surface area contributed by atoms with Gasteiger partial charge in [0.15, 0.2) is 0 Å². The highest BCUT2D eigenvalue weighted by Gasteiger charge is 2.07. The Balaban J connectivity index is 2.75. The van der Waals surface area contributed by atoms with E-state index in [0.717, 1.165) is 25.4 Å². The van der Waals surface area contributed by atoms with E-state index >= 15 is 0 Å². The Morgan fingerprint density at radius 1 is 1.33 bits per heavy atom. The molecule has 0 aromatic heterocycles. The van der Waals surface area contributed by atoms with Crippen LogP contribution in [-0.2, 0) is 6.42 Å². The molecular weight excluding hydrogens is 224 g/mol. The summed E-state index contributed by atoms with van der Waals surface area (Å²) in [7, 11) is 5.83. The van der Waals surface area contributed by atoms with Crippen molar-refractivity contribution < 1.29 is 4.74 Å². The van der Waals surface area contributed by atoms with Crippen LogP contribution in [0.5, 0.6) is 5.75 Å². The average molecular weight is 250 g/mol. The van der Waals surface area contributed by atoms with Crippen LogP contribution in [0.25, 0.3) is 0 Å². The summed E-state index contributed by atoms with van der Waals surface area (Å²) < 4.78 is 5.44. The normalized spacial score (nSPS) is 11.3. The average Bonchev–Trinajstić information content (AvgIpc) is 2.36. The summed E-state index contributed by atoms with van der Waals surface area (Å²) in [5.74, 6) is 1.56. The van der Waals surface area contributed by atoms with Gasteiger partial charge in [0.25, 0.3) is 0 Å². The maximum Gasteiger partial charge on any atom is 0.122 e. The van der Waals surface area contributed by atoms with Gasteiger partial charge in [-0.2, -0.15) is 0 Å². The van der Waals surface area contributed by atoms with Crippen molar-refractivity contribution in [2.75, 3.05) is 34.4 Å². The fourth-order valence-corrected chi connectivity index (χ4v) is 2.01. The van der Waals surface area contributed by atoms with E-state index in [1.165, 1.54) is 11.1 Å². The third-order valence-electron chi connectivity index (χ3n) is 3.16. The number of nitrogens with one attached hydrogen (secondary N) is 1. The van der Waals surface area contributed by atoms with Crippen molar-refractivity contribution in [1.29, 1.82) is 0 Å². The zero-order valence-electron chi connectivity index (χ0n) is 12.3. The van der Waals surface area contributed by atoms with Crippen molar-refractivity contribution >= 4 is 0 Å². The van der Waals surface area contributed by atoms with E-state index in [1.54, 1.807) is 7.11 Å². The minimum Gasteiger partial charge on any atom is -0.496 e. The Morgan fingerprint density at radius 3 is 2.61 bits per heavy atom. The molecule has 0 atom stereocenters. The quantitative estimate of drug-likeness (QED) is 0.752. The van der Waals surface area contributed by atoms with Crippen molar-refractivity contribution in [3.8, 4) is 5.75 Å². The lowest BCUT2D eigenvalue weighted by atomic mass is 9.99. The Hall–Kier alpha value is -1.06. The fourth-order valence-electron chi connectivity index (χ4n) is 2.01. The molecule has 0 fully saturated rings. The maximum absolute atomic E-state index is 5.44. The molecule has 3 heteroatoms. The lowest BCUT2D eigenvalue weighted by Crippen LogP contribution is -2.30. The smallest absolute Gasteiger partial charge is 0.122 e. The van der Waals surface area contributed by atoms with Gasteiger partial charge in [0.05, 0.1) is 7.11 Å². The van der Waals surface area contributed by atoms with E-state index in [9.17, 15) is 0 Å². The molecule has 3 nitrogen and oxygen atoms in total. The Morgan fingerprint density at radius 2 is 2.06 bits per heavy atom. The van der Waals surface area contributed by atoms with Crippen LogP contribution in [0, 0.1) is 0 Å². The first kappa shape index (κ1) is 15.0. The second kappa shape index (κ2) is 7.39. The Kier molecular flexibility index (Phi) is 6.16. The molecule has 18 heavy (non-hydrogen) atoms. The van der Waals surface area contributed by atoms with Crippen LogP contribution in [0.1, 0.15) is 30.9 Å². The molecule has 1 aromatic carbocycles. The molecule has 102 valence electrons. The molecule has 0 aliphatic heterocycles. The predicted octanol–water partition coefficient (Wildman–Crippen LogP) is 2.47. The molecule has 1 N–H and O–H groups in total. The third-order valence-corrected chi connectivity index (χ3v) is 3.16. The van der Waals surface area contributed by atoms with Crippen molar-refractivity contribution in [2.45, 2.75) is 26.2 Å². The first-order valence-corrected chi connectivity index (χ1v) is 6.58. The van der Waals surface area contributed by atoms with Crippen LogP contribution < -0.4 is 10.1 Å². The van der Waals surface area contributed by atoms with E-state index in [-0.39, 0.29) is 0 Å². The molecule has 0 heterocycles. The second-order valence-corrected chi connectivity index (χ2v) is 5.07. The summed E-state index contributed by atoms with van der Waals surface area (Å²) in [4.78, 5) is 2.27. The van der Waals surface area contributed by atoms with Crippen molar-refractivity contribution in [2.24, 2.45) is 0 Å². The topological polar surface area (TPSA) is 24.5 Å². The summed E-state index contributed by atoms with van der Waals surface area (Å²) in [5, 5.41) is 3.16. The van der Waals surface area contributed by atoms with Crippen molar-refractivity contribution in [3.63, 3.8) is 0 Å². The first-order valence-electron chi connectivity index (χ1n) is 6.58. The molecule has 0 spiro atoms. The van der Waals surface area contributed by atoms with Crippen LogP contribution in [0.15, 0.2) is 18.2 Å². The van der Waals surface area contributed by atoms with Crippen LogP contribution in [-0.4, -0.2) is 39.3 Å². The van der Waals surface area contributed by atoms with Gasteiger partial charge in [-0.15, -0.1) is 0 Å². The van der Waals surface area contributed by atoms with Crippen LogP contribution in [0.2, 0.25) is 0 Å². The highest BCUT2D eigenvalue weighted by atomic mass is 16.5. The minimum absolute atomic E-state index is 0.560. The van der Waals surface area contributed by atoms with Gasteiger partial charge >= 0.3 is 0 Å². The molecule has 0 aliphatic rings. The van der Waals surface area contributed by atoms with E-state index in [4.69, 9.17) is 4.74 Å². The predicted molar refractivity (Wildman–Crippen MR) is 77.3 cm³/mol. The minimum atomic E-state index is 0.560. The summed E-state index contributed by atoms with van der Waals surface area (Å²) in [5.41, 5.74) is 2.67. The van der Waals surface area contributed by atoms with Gasteiger partial charge in [0.2, 0.25) is 0 Å². The van der Waals surface area contributed by atoms with Gasteiger partial charge in [-0.05, 0) is 43.6 Å². The number of likely N-dealkylation sites (N-methyl/N-ethyl adjacent to an activating group) is 1. The standard InChI is InChI=1S/C15H26N2O/c1-12(2)13-6-7-15(18-5)14(10-13)8-9-17(4)11-16-3/h6-7,10,12,16H,8-9,11H2,1-5H3. The lowest BCUT2D eigenvalue weighted by Gasteiger charge is -2.18. The lowest BCUT2D eigenvalue weighted by molar-refractivity contribution is 0.318. The van der Waals surface area contributed by atoms with E-state index in [1.807, 2.05) is 7.05 Å². The number of rotatable bonds is 7. The van der Waals surface area contributed by atoms with Gasteiger partial charge < -0.3 is 10.1 Å². The second-order valence-electron chi connectivity index (χ2n) is 5.07. The number of nitrogens with zero attached hydrogens (tertiary/aromatic N) is 1. The third kappa shape index (κ3) is 4.31. The summed E-state index contributed by atoms with van der Waals surface area (Å²) in [6.07, 6.45) is 1.02. The van der Waals surface area contributed by atoms with Crippen LogP contribution >= 0.6 is 0 Å². The molecule has 0 aliphatic carbocycles. The number of hydrogen-bond acceptors (Lipinski definition) is 3. The van der Waals surface area contributed by atoms with Gasteiger partial charge in [-0.3, -0.25) is 4.90 Å². The first-order chi connectivity index (χ1) is 8.58. The zero-order valence-corrected chi connectivity index (χ0v) is 12.3. The van der Waals surface area contributed by atoms with Crippen LogP contribution in [0.3, 0.4) is 0 Å². The highest BCUT2D eigenvalue weighted by Crippen LogP contribution is 2.24. The van der Waals surface area contributed by atoms with E-state index < -0.39 is 0 Å². The molecule has 0 amide bonds. The number of benzene rings is 1. The monoisotopic (exact) mass is 250 g/mol. The molecular formula is C15H26N2O. The number of methoxy groups -OCH3 is 1. The van der Waals surface area contributed by atoms with Gasteiger partial charge in [-0.25, -0.2) is 0 Å². The van der Waals surface area contributed by atoms with E-state index in [0.29, 0.717) is 5.92 Å².